The molecule has 1 aromatic rings. The molecule has 0 saturated heterocycles. The zero-order chi connectivity index (χ0) is 20.2. The second-order valence-corrected chi connectivity index (χ2v) is 6.81. The average Bonchev–Trinajstić information content (AvgIpc) is 2.64. The van der Waals surface area contributed by atoms with E-state index in [1.165, 1.54) is 4.90 Å². The Kier molecular flexibility index (Phi) is 9.93. The number of benzene rings is 1. The second-order valence-electron chi connectivity index (χ2n) is 6.81. The topological polar surface area (TPSA) is 77.0 Å². The SMILES string of the molecule is CCCCNC(=NCC(=O)N(C)C)NCCc1cccc(C(=O)N(C)C)c1. The van der Waals surface area contributed by atoms with E-state index in [9.17, 15) is 9.59 Å². The molecule has 0 heterocycles. The number of carbonyl (C=O) groups excluding carboxylic acids is 2. The summed E-state index contributed by atoms with van der Waals surface area (Å²) in [6, 6.07) is 7.65. The fourth-order valence-electron chi connectivity index (χ4n) is 2.29. The van der Waals surface area contributed by atoms with E-state index >= 15 is 0 Å². The minimum atomic E-state index is -0.0403. The molecule has 1 rings (SSSR count). The molecule has 0 fully saturated rings. The van der Waals surface area contributed by atoms with Crippen LogP contribution in [0.5, 0.6) is 0 Å². The van der Waals surface area contributed by atoms with Crippen molar-refractivity contribution in [3.8, 4) is 0 Å². The molecule has 150 valence electrons. The smallest absolute Gasteiger partial charge is 0.253 e. The molecule has 0 aliphatic carbocycles. The summed E-state index contributed by atoms with van der Waals surface area (Å²) in [5.41, 5.74) is 1.76. The lowest BCUT2D eigenvalue weighted by Gasteiger charge is -2.14. The first-order valence-corrected chi connectivity index (χ1v) is 9.38. The summed E-state index contributed by atoms with van der Waals surface area (Å²) in [4.78, 5) is 31.3. The number of amides is 2. The molecular weight excluding hydrogens is 342 g/mol. The predicted octanol–water partition coefficient (Wildman–Crippen LogP) is 1.35. The molecule has 1 aromatic carbocycles. The van der Waals surface area contributed by atoms with Crippen molar-refractivity contribution in [3.63, 3.8) is 0 Å². The number of unbranched alkanes of at least 4 members (excludes halogenated alkanes) is 1. The molecule has 0 aliphatic heterocycles. The summed E-state index contributed by atoms with van der Waals surface area (Å²) in [5, 5.41) is 6.52. The average molecular weight is 376 g/mol. The Morgan fingerprint density at radius 3 is 2.37 bits per heavy atom. The van der Waals surface area contributed by atoms with Gasteiger partial charge in [0.2, 0.25) is 5.91 Å². The minimum absolute atomic E-state index is 0.00418. The summed E-state index contributed by atoms with van der Waals surface area (Å²) in [7, 11) is 6.93. The summed E-state index contributed by atoms with van der Waals surface area (Å²) in [6.45, 7) is 3.71. The van der Waals surface area contributed by atoms with Crippen LogP contribution in [-0.2, 0) is 11.2 Å². The van der Waals surface area contributed by atoms with Gasteiger partial charge in [-0.1, -0.05) is 25.5 Å². The van der Waals surface area contributed by atoms with Crippen LogP contribution in [0.2, 0.25) is 0 Å². The molecule has 2 amide bonds. The van der Waals surface area contributed by atoms with E-state index in [1.807, 2.05) is 24.3 Å². The van der Waals surface area contributed by atoms with Crippen molar-refractivity contribution in [2.45, 2.75) is 26.2 Å². The maximum Gasteiger partial charge on any atom is 0.253 e. The van der Waals surface area contributed by atoms with Gasteiger partial charge >= 0.3 is 0 Å². The number of guanidine groups is 1. The van der Waals surface area contributed by atoms with Crippen LogP contribution in [0.3, 0.4) is 0 Å². The Labute approximate surface area is 162 Å². The first-order chi connectivity index (χ1) is 12.8. The molecule has 0 aromatic heterocycles. The molecule has 2 N–H and O–H groups in total. The van der Waals surface area contributed by atoms with Crippen LogP contribution in [0, 0.1) is 0 Å². The molecule has 0 atom stereocenters. The highest BCUT2D eigenvalue weighted by molar-refractivity contribution is 5.94. The van der Waals surface area contributed by atoms with Crippen molar-refractivity contribution < 1.29 is 9.59 Å². The fourth-order valence-corrected chi connectivity index (χ4v) is 2.29. The number of likely N-dealkylation sites (N-methyl/N-ethyl adjacent to an activating group) is 1. The third kappa shape index (κ3) is 8.57. The Bertz CT molecular complexity index is 641. The quantitative estimate of drug-likeness (QED) is 0.388. The van der Waals surface area contributed by atoms with E-state index < -0.39 is 0 Å². The van der Waals surface area contributed by atoms with Crippen LogP contribution in [0.4, 0.5) is 0 Å². The van der Waals surface area contributed by atoms with E-state index in [4.69, 9.17) is 0 Å². The van der Waals surface area contributed by atoms with Gasteiger partial charge in [0, 0.05) is 46.8 Å². The van der Waals surface area contributed by atoms with Gasteiger partial charge in [-0.2, -0.15) is 0 Å². The van der Waals surface area contributed by atoms with Gasteiger partial charge in [-0.25, -0.2) is 4.99 Å². The molecule has 0 spiro atoms. The maximum atomic E-state index is 12.1. The van der Waals surface area contributed by atoms with Gasteiger partial charge in [-0.15, -0.1) is 0 Å². The van der Waals surface area contributed by atoms with E-state index in [-0.39, 0.29) is 18.4 Å². The van der Waals surface area contributed by atoms with Gasteiger partial charge in [-0.3, -0.25) is 9.59 Å². The summed E-state index contributed by atoms with van der Waals surface area (Å²) < 4.78 is 0. The molecule has 27 heavy (non-hydrogen) atoms. The second kappa shape index (κ2) is 11.9. The normalized spacial score (nSPS) is 11.1. The Hall–Kier alpha value is -2.57. The van der Waals surface area contributed by atoms with Crippen LogP contribution < -0.4 is 10.6 Å². The third-order valence-corrected chi connectivity index (χ3v) is 3.98. The summed E-state index contributed by atoms with van der Waals surface area (Å²) in [5.74, 6) is 0.594. The monoisotopic (exact) mass is 375 g/mol. The van der Waals surface area contributed by atoms with Crippen molar-refractivity contribution in [1.82, 2.24) is 20.4 Å². The Morgan fingerprint density at radius 2 is 1.74 bits per heavy atom. The largest absolute Gasteiger partial charge is 0.356 e. The summed E-state index contributed by atoms with van der Waals surface area (Å²) >= 11 is 0. The fraction of sp³-hybridized carbons (Fsp3) is 0.550. The van der Waals surface area contributed by atoms with Crippen molar-refractivity contribution in [1.29, 1.82) is 0 Å². The van der Waals surface area contributed by atoms with Gasteiger partial charge in [0.1, 0.15) is 6.54 Å². The van der Waals surface area contributed by atoms with Crippen LogP contribution in [-0.4, -0.2) is 75.4 Å². The van der Waals surface area contributed by atoms with Gasteiger partial charge < -0.3 is 20.4 Å². The van der Waals surface area contributed by atoms with Gasteiger partial charge in [0.15, 0.2) is 5.96 Å². The maximum absolute atomic E-state index is 12.1. The molecule has 7 nitrogen and oxygen atoms in total. The molecule has 7 heteroatoms. The Morgan fingerprint density at radius 1 is 1.04 bits per heavy atom. The Balaban J connectivity index is 2.64. The van der Waals surface area contributed by atoms with Crippen molar-refractivity contribution >= 4 is 17.8 Å². The zero-order valence-corrected chi connectivity index (χ0v) is 17.2. The molecule has 0 aliphatic rings. The summed E-state index contributed by atoms with van der Waals surface area (Å²) in [6.07, 6.45) is 2.88. The lowest BCUT2D eigenvalue weighted by molar-refractivity contribution is -0.127. The highest BCUT2D eigenvalue weighted by atomic mass is 16.2. The standard InChI is InChI=1S/C20H33N5O2/c1-6-7-12-21-20(23-15-18(26)24(2)3)22-13-11-16-9-8-10-17(14-16)19(27)25(4)5/h8-10,14H,6-7,11-13,15H2,1-5H3,(H2,21,22,23). The van der Waals surface area contributed by atoms with E-state index in [0.717, 1.165) is 31.4 Å². The van der Waals surface area contributed by atoms with Gasteiger partial charge in [-0.05, 0) is 30.5 Å². The zero-order valence-electron chi connectivity index (χ0n) is 17.2. The van der Waals surface area contributed by atoms with Crippen molar-refractivity contribution in [2.24, 2.45) is 4.99 Å². The number of hydrogen-bond acceptors (Lipinski definition) is 3. The molecule has 0 radical (unpaired) electrons. The van der Waals surface area contributed by atoms with Gasteiger partial charge in [0.05, 0.1) is 0 Å². The molecule has 0 saturated carbocycles. The number of aliphatic imine (C=N–C) groups is 1. The van der Waals surface area contributed by atoms with Crippen molar-refractivity contribution in [2.75, 3.05) is 47.8 Å². The number of carbonyl (C=O) groups is 2. The number of rotatable bonds is 9. The van der Waals surface area contributed by atoms with E-state index in [1.54, 1.807) is 33.1 Å². The lowest BCUT2D eigenvalue weighted by Crippen LogP contribution is -2.40. The van der Waals surface area contributed by atoms with Crippen LogP contribution in [0.25, 0.3) is 0 Å². The van der Waals surface area contributed by atoms with Crippen molar-refractivity contribution in [3.05, 3.63) is 35.4 Å². The van der Waals surface area contributed by atoms with Crippen LogP contribution in [0.15, 0.2) is 29.3 Å². The predicted molar refractivity (Wildman–Crippen MR) is 110 cm³/mol. The highest BCUT2D eigenvalue weighted by Gasteiger charge is 2.08. The highest BCUT2D eigenvalue weighted by Crippen LogP contribution is 2.07. The van der Waals surface area contributed by atoms with Crippen LogP contribution in [0.1, 0.15) is 35.7 Å². The number of hydrogen-bond donors (Lipinski definition) is 2. The molecule has 0 unspecified atom stereocenters. The number of nitrogens with zero attached hydrogens (tertiary/aromatic N) is 3. The van der Waals surface area contributed by atoms with E-state index in [2.05, 4.69) is 22.5 Å². The number of nitrogens with one attached hydrogen (secondary N) is 2. The third-order valence-electron chi connectivity index (χ3n) is 3.98. The minimum Gasteiger partial charge on any atom is -0.356 e. The molecule has 0 bridgehead atoms. The van der Waals surface area contributed by atoms with Gasteiger partial charge in [0.25, 0.3) is 5.91 Å². The van der Waals surface area contributed by atoms with E-state index in [0.29, 0.717) is 18.1 Å². The first-order valence-electron chi connectivity index (χ1n) is 9.38. The molecular formula is C20H33N5O2. The van der Waals surface area contributed by atoms with Crippen LogP contribution >= 0.6 is 0 Å². The lowest BCUT2D eigenvalue weighted by atomic mass is 10.1. The first kappa shape index (κ1) is 22.5.